The van der Waals surface area contributed by atoms with Gasteiger partial charge in [0.1, 0.15) is 0 Å². The lowest BCUT2D eigenvalue weighted by Gasteiger charge is -2.22. The number of rotatable bonds is 5. The Balaban J connectivity index is 2.05. The van der Waals surface area contributed by atoms with Gasteiger partial charge in [-0.2, -0.15) is 0 Å². The Labute approximate surface area is 124 Å². The van der Waals surface area contributed by atoms with Gasteiger partial charge in [-0.25, -0.2) is 4.79 Å². The van der Waals surface area contributed by atoms with Crippen LogP contribution in [0.2, 0.25) is 5.02 Å². The number of nitrogens with zero attached hydrogens (tertiary/aromatic N) is 2. The Hall–Kier alpha value is -1.46. The average Bonchev–Trinajstić information content (AvgIpc) is 3.19. The highest BCUT2D eigenvalue weighted by Crippen LogP contribution is 2.29. The number of nitrogens with one attached hydrogen (secondary N) is 1. The molecule has 0 saturated heterocycles. The normalized spacial score (nSPS) is 14.0. The van der Waals surface area contributed by atoms with Crippen LogP contribution in [0.1, 0.15) is 12.8 Å². The molecule has 0 heterocycles. The van der Waals surface area contributed by atoms with Crippen molar-refractivity contribution in [3.8, 4) is 0 Å². The van der Waals surface area contributed by atoms with Gasteiger partial charge in [0.25, 0.3) is 0 Å². The van der Waals surface area contributed by atoms with Gasteiger partial charge in [0, 0.05) is 32.4 Å². The Kier molecular flexibility index (Phi) is 4.73. The molecule has 2 amide bonds. The van der Waals surface area contributed by atoms with Crippen LogP contribution in [0.3, 0.4) is 0 Å². The number of aliphatic hydroxyl groups is 1. The van der Waals surface area contributed by atoms with Crippen LogP contribution in [0, 0.1) is 0 Å². The molecule has 1 aliphatic carbocycles. The van der Waals surface area contributed by atoms with Crippen LogP contribution in [0.15, 0.2) is 18.2 Å². The van der Waals surface area contributed by atoms with E-state index in [9.17, 15) is 4.79 Å². The number of hydrogen-bond acceptors (Lipinski definition) is 3. The van der Waals surface area contributed by atoms with Crippen LogP contribution in [0.4, 0.5) is 16.2 Å². The lowest BCUT2D eigenvalue weighted by Crippen LogP contribution is -2.38. The van der Waals surface area contributed by atoms with Gasteiger partial charge in [0.2, 0.25) is 0 Å². The number of carbonyl (C=O) groups is 1. The minimum absolute atomic E-state index is 0.0236. The number of amides is 2. The van der Waals surface area contributed by atoms with Gasteiger partial charge in [-0.05, 0) is 31.0 Å². The smallest absolute Gasteiger partial charge is 0.322 e. The van der Waals surface area contributed by atoms with Gasteiger partial charge in [0.15, 0.2) is 0 Å². The fourth-order valence-electron chi connectivity index (χ4n) is 2.09. The second-order valence-corrected chi connectivity index (χ2v) is 5.55. The molecule has 1 aromatic carbocycles. The van der Waals surface area contributed by atoms with Gasteiger partial charge >= 0.3 is 6.03 Å². The van der Waals surface area contributed by atoms with Gasteiger partial charge in [0.05, 0.1) is 17.3 Å². The van der Waals surface area contributed by atoms with Crippen molar-refractivity contribution in [3.05, 3.63) is 23.2 Å². The minimum Gasteiger partial charge on any atom is -0.395 e. The highest BCUT2D eigenvalue weighted by atomic mass is 35.5. The summed E-state index contributed by atoms with van der Waals surface area (Å²) < 4.78 is 0. The van der Waals surface area contributed by atoms with E-state index in [4.69, 9.17) is 16.7 Å². The van der Waals surface area contributed by atoms with E-state index in [2.05, 4.69) is 5.32 Å². The van der Waals surface area contributed by atoms with Gasteiger partial charge in [-0.1, -0.05) is 11.6 Å². The van der Waals surface area contributed by atoms with E-state index in [1.54, 1.807) is 11.0 Å². The van der Waals surface area contributed by atoms with E-state index in [0.29, 0.717) is 17.3 Å². The molecule has 5 nitrogen and oxygen atoms in total. The predicted molar refractivity (Wildman–Crippen MR) is 81.6 cm³/mol. The highest BCUT2D eigenvalue weighted by Gasteiger charge is 2.32. The molecule has 2 N–H and O–H groups in total. The molecule has 1 aromatic rings. The zero-order chi connectivity index (χ0) is 14.7. The molecule has 1 saturated carbocycles. The first-order valence-corrected chi connectivity index (χ1v) is 7.06. The van der Waals surface area contributed by atoms with E-state index in [1.807, 2.05) is 31.1 Å². The van der Waals surface area contributed by atoms with E-state index in [1.165, 1.54) is 0 Å². The summed E-state index contributed by atoms with van der Waals surface area (Å²) in [6.45, 7) is 0.338. The summed E-state index contributed by atoms with van der Waals surface area (Å²) in [7, 11) is 3.82. The summed E-state index contributed by atoms with van der Waals surface area (Å²) in [5.74, 6) is 0. The van der Waals surface area contributed by atoms with Crippen LogP contribution in [-0.4, -0.2) is 49.3 Å². The van der Waals surface area contributed by atoms with Gasteiger partial charge in [-0.3, -0.25) is 0 Å². The molecular formula is C14H20ClN3O2. The maximum absolute atomic E-state index is 12.2. The maximum atomic E-state index is 12.2. The largest absolute Gasteiger partial charge is 0.395 e. The monoisotopic (exact) mass is 297 g/mol. The van der Waals surface area contributed by atoms with E-state index >= 15 is 0 Å². The van der Waals surface area contributed by atoms with Crippen LogP contribution in [0.25, 0.3) is 0 Å². The summed E-state index contributed by atoms with van der Waals surface area (Å²) in [4.78, 5) is 15.8. The number of hydrogen-bond donors (Lipinski definition) is 2. The Morgan fingerprint density at radius 3 is 2.65 bits per heavy atom. The first-order chi connectivity index (χ1) is 9.52. The molecule has 1 aliphatic rings. The molecule has 110 valence electrons. The van der Waals surface area contributed by atoms with Crippen molar-refractivity contribution in [3.63, 3.8) is 0 Å². The Morgan fingerprint density at radius 1 is 1.45 bits per heavy atom. The van der Waals surface area contributed by atoms with E-state index in [-0.39, 0.29) is 18.7 Å². The van der Waals surface area contributed by atoms with Crippen LogP contribution < -0.4 is 10.2 Å². The van der Waals surface area contributed by atoms with Crippen LogP contribution >= 0.6 is 11.6 Å². The third kappa shape index (κ3) is 3.55. The van der Waals surface area contributed by atoms with Crippen molar-refractivity contribution in [1.82, 2.24) is 4.90 Å². The summed E-state index contributed by atoms with van der Waals surface area (Å²) in [5.41, 5.74) is 1.56. The molecular weight excluding hydrogens is 278 g/mol. The number of carbonyl (C=O) groups excluding carboxylic acids is 1. The van der Waals surface area contributed by atoms with Crippen molar-refractivity contribution in [1.29, 1.82) is 0 Å². The van der Waals surface area contributed by atoms with Crippen molar-refractivity contribution in [2.24, 2.45) is 0 Å². The zero-order valence-corrected chi connectivity index (χ0v) is 12.5. The molecule has 6 heteroatoms. The molecule has 0 atom stereocenters. The third-order valence-corrected chi connectivity index (χ3v) is 3.57. The average molecular weight is 298 g/mol. The van der Waals surface area contributed by atoms with Crippen molar-refractivity contribution in [2.45, 2.75) is 18.9 Å². The highest BCUT2D eigenvalue weighted by molar-refractivity contribution is 6.33. The minimum atomic E-state index is -0.185. The Bertz CT molecular complexity index is 489. The molecule has 0 aromatic heterocycles. The summed E-state index contributed by atoms with van der Waals surface area (Å²) >= 11 is 6.18. The first-order valence-electron chi connectivity index (χ1n) is 6.68. The van der Waals surface area contributed by atoms with Crippen LogP contribution in [-0.2, 0) is 0 Å². The third-order valence-electron chi connectivity index (χ3n) is 3.27. The van der Waals surface area contributed by atoms with Gasteiger partial charge in [-0.15, -0.1) is 0 Å². The quantitative estimate of drug-likeness (QED) is 0.877. The van der Waals surface area contributed by atoms with E-state index in [0.717, 1.165) is 18.5 Å². The number of aliphatic hydroxyl groups excluding tert-OH is 1. The molecule has 0 bridgehead atoms. The van der Waals surface area contributed by atoms with Crippen molar-refractivity contribution >= 4 is 29.0 Å². The lowest BCUT2D eigenvalue weighted by atomic mass is 10.2. The summed E-state index contributed by atoms with van der Waals surface area (Å²) in [6.07, 6.45) is 2.02. The number of urea groups is 1. The fraction of sp³-hybridized carbons (Fsp3) is 0.500. The predicted octanol–water partition coefficient (Wildman–Crippen LogP) is 2.39. The molecule has 0 spiro atoms. The number of benzene rings is 1. The second-order valence-electron chi connectivity index (χ2n) is 5.14. The molecule has 0 unspecified atom stereocenters. The topological polar surface area (TPSA) is 55.8 Å². The lowest BCUT2D eigenvalue weighted by molar-refractivity contribution is 0.185. The number of anilines is 2. The van der Waals surface area contributed by atoms with Crippen molar-refractivity contribution < 1.29 is 9.90 Å². The standard InChI is InChI=1S/C14H20ClN3O2/c1-17(2)13-6-3-10(9-12(13)15)16-14(20)18(7-8-19)11-4-5-11/h3,6,9,11,19H,4-5,7-8H2,1-2H3,(H,16,20). The molecule has 0 radical (unpaired) electrons. The number of halogens is 1. The summed E-state index contributed by atoms with van der Waals surface area (Å²) in [6, 6.07) is 5.50. The second kappa shape index (κ2) is 6.33. The van der Waals surface area contributed by atoms with Gasteiger partial charge < -0.3 is 20.2 Å². The fourth-order valence-corrected chi connectivity index (χ4v) is 2.44. The Morgan fingerprint density at radius 2 is 2.15 bits per heavy atom. The molecule has 20 heavy (non-hydrogen) atoms. The first kappa shape index (κ1) is 14.9. The van der Waals surface area contributed by atoms with Crippen LogP contribution in [0.5, 0.6) is 0 Å². The summed E-state index contributed by atoms with van der Waals surface area (Å²) in [5, 5.41) is 12.4. The molecule has 2 rings (SSSR count). The van der Waals surface area contributed by atoms with Crippen molar-refractivity contribution in [2.75, 3.05) is 37.5 Å². The molecule has 1 fully saturated rings. The van der Waals surface area contributed by atoms with E-state index < -0.39 is 0 Å². The molecule has 0 aliphatic heterocycles. The zero-order valence-electron chi connectivity index (χ0n) is 11.8. The SMILES string of the molecule is CN(C)c1ccc(NC(=O)N(CCO)C2CC2)cc1Cl. The maximum Gasteiger partial charge on any atom is 0.322 e.